The summed E-state index contributed by atoms with van der Waals surface area (Å²) in [4.78, 5) is 19.2. The van der Waals surface area contributed by atoms with Crippen molar-refractivity contribution in [2.24, 2.45) is 0 Å². The molecule has 1 amide bonds. The van der Waals surface area contributed by atoms with Gasteiger partial charge < -0.3 is 0 Å². The van der Waals surface area contributed by atoms with E-state index in [1.807, 2.05) is 65.8 Å². The molecule has 182 valence electrons. The minimum atomic E-state index is 0.0308. The van der Waals surface area contributed by atoms with Crippen molar-refractivity contribution in [2.75, 3.05) is 4.90 Å². The van der Waals surface area contributed by atoms with E-state index in [9.17, 15) is 4.79 Å². The predicted octanol–water partition coefficient (Wildman–Crippen LogP) is 5.28. The number of aryl methyl sites for hydroxylation is 1. The number of benzene rings is 1. The topological polar surface area (TPSA) is 86.1 Å². The average Bonchev–Trinajstić information content (AvgIpc) is 3.58. The van der Waals surface area contributed by atoms with Crippen LogP contribution in [-0.4, -0.2) is 40.1 Å². The largest absolute Gasteiger partial charge is 0.292 e. The summed E-state index contributed by atoms with van der Waals surface area (Å²) in [6.07, 6.45) is 5.37. The molecule has 0 N–H and O–H groups in total. The summed E-state index contributed by atoms with van der Waals surface area (Å²) in [5.74, 6) is 0.753. The maximum Gasteiger partial charge on any atom is 0.230 e. The first kappa shape index (κ1) is 22.8. The van der Waals surface area contributed by atoms with Crippen LogP contribution in [0.25, 0.3) is 28.2 Å². The van der Waals surface area contributed by atoms with Gasteiger partial charge in [-0.25, -0.2) is 14.2 Å². The molecule has 1 aliphatic rings. The maximum absolute atomic E-state index is 13.0. The van der Waals surface area contributed by atoms with Crippen LogP contribution in [0.1, 0.15) is 31.9 Å². The number of rotatable bonds is 5. The van der Waals surface area contributed by atoms with Gasteiger partial charge in [0.1, 0.15) is 23.5 Å². The van der Waals surface area contributed by atoms with E-state index in [1.165, 1.54) is 6.33 Å². The molecule has 0 radical (unpaired) electrons. The highest BCUT2D eigenvalue weighted by Crippen LogP contribution is 2.35. The lowest BCUT2D eigenvalue weighted by atomic mass is 10.1. The van der Waals surface area contributed by atoms with Crippen molar-refractivity contribution >= 4 is 40.4 Å². The van der Waals surface area contributed by atoms with Crippen molar-refractivity contribution < 1.29 is 4.79 Å². The molecule has 6 rings (SSSR count). The Bertz CT molecular complexity index is 1620. The Labute approximate surface area is 216 Å². The van der Waals surface area contributed by atoms with Gasteiger partial charge in [0.25, 0.3) is 0 Å². The number of fused-ring (bicyclic) bond motifs is 2. The smallest absolute Gasteiger partial charge is 0.230 e. The zero-order valence-electron chi connectivity index (χ0n) is 19.6. The van der Waals surface area contributed by atoms with Crippen LogP contribution in [0.3, 0.4) is 0 Å². The molecule has 0 bridgehead atoms. The molecule has 0 saturated carbocycles. The van der Waals surface area contributed by atoms with Gasteiger partial charge in [0.05, 0.1) is 40.5 Å². The summed E-state index contributed by atoms with van der Waals surface area (Å²) >= 11 is 13.2. The Hall–Kier alpha value is -3.69. The number of aromatic nitrogens is 7. The van der Waals surface area contributed by atoms with Gasteiger partial charge in [-0.3, -0.25) is 14.4 Å². The Morgan fingerprint density at radius 2 is 1.94 bits per heavy atom. The first-order valence-corrected chi connectivity index (χ1v) is 12.3. The maximum atomic E-state index is 13.0. The van der Waals surface area contributed by atoms with Gasteiger partial charge in [-0.1, -0.05) is 35.3 Å². The van der Waals surface area contributed by atoms with Crippen molar-refractivity contribution in [3.05, 3.63) is 70.7 Å². The van der Waals surface area contributed by atoms with Gasteiger partial charge in [-0.15, -0.1) is 0 Å². The van der Waals surface area contributed by atoms with Crippen LogP contribution in [0.5, 0.6) is 0 Å². The lowest BCUT2D eigenvalue weighted by Crippen LogP contribution is -2.36. The van der Waals surface area contributed by atoms with Crippen molar-refractivity contribution in [3.8, 4) is 22.6 Å². The van der Waals surface area contributed by atoms with Crippen LogP contribution >= 0.6 is 23.2 Å². The fourth-order valence-electron chi connectivity index (χ4n) is 4.62. The lowest BCUT2D eigenvalue weighted by molar-refractivity contribution is -0.119. The summed E-state index contributed by atoms with van der Waals surface area (Å²) in [5.41, 5.74) is 4.76. The Morgan fingerprint density at radius 1 is 1.08 bits per heavy atom. The zero-order chi connectivity index (χ0) is 25.0. The zero-order valence-corrected chi connectivity index (χ0v) is 21.1. The Morgan fingerprint density at radius 3 is 2.75 bits per heavy atom. The van der Waals surface area contributed by atoms with E-state index in [0.29, 0.717) is 35.2 Å². The fraction of sp³-hybridized carbons (Fsp3) is 0.240. The third-order valence-corrected chi connectivity index (χ3v) is 6.91. The van der Waals surface area contributed by atoms with E-state index >= 15 is 0 Å². The molecule has 0 unspecified atom stereocenters. The van der Waals surface area contributed by atoms with Crippen LogP contribution in [-0.2, 0) is 17.9 Å². The summed E-state index contributed by atoms with van der Waals surface area (Å²) < 4.78 is 5.45. The third-order valence-electron chi connectivity index (χ3n) is 6.32. The number of halogens is 2. The van der Waals surface area contributed by atoms with Gasteiger partial charge in [0.15, 0.2) is 0 Å². The third kappa shape index (κ3) is 3.75. The first-order valence-electron chi connectivity index (χ1n) is 11.6. The minimum Gasteiger partial charge on any atom is -0.292 e. The van der Waals surface area contributed by atoms with E-state index in [0.717, 1.165) is 33.8 Å². The highest BCUT2D eigenvalue weighted by atomic mass is 35.5. The number of hydrogen-bond donors (Lipinski definition) is 0. The van der Waals surface area contributed by atoms with Crippen molar-refractivity contribution in [1.29, 1.82) is 0 Å². The van der Waals surface area contributed by atoms with Crippen LogP contribution in [0.2, 0.25) is 10.0 Å². The van der Waals surface area contributed by atoms with Crippen LogP contribution < -0.4 is 4.90 Å². The van der Waals surface area contributed by atoms with Gasteiger partial charge in [0, 0.05) is 30.3 Å². The molecule has 1 aliphatic heterocycles. The second-order valence-corrected chi connectivity index (χ2v) is 9.80. The summed E-state index contributed by atoms with van der Waals surface area (Å²) in [5, 5.41) is 14.4. The minimum absolute atomic E-state index is 0.0308. The molecule has 9 nitrogen and oxygen atoms in total. The molecule has 5 heterocycles. The molecule has 0 fully saturated rings. The number of carbonyl (C=O) groups is 1. The predicted molar refractivity (Wildman–Crippen MR) is 138 cm³/mol. The second kappa shape index (κ2) is 8.76. The van der Waals surface area contributed by atoms with E-state index in [4.69, 9.17) is 28.3 Å². The average molecular weight is 521 g/mol. The molecular weight excluding hydrogens is 499 g/mol. The van der Waals surface area contributed by atoms with Gasteiger partial charge in [-0.05, 0) is 37.6 Å². The van der Waals surface area contributed by atoms with Crippen LogP contribution in [0.4, 0.5) is 5.82 Å². The molecule has 0 saturated heterocycles. The Kier molecular flexibility index (Phi) is 5.54. The van der Waals surface area contributed by atoms with Gasteiger partial charge in [0.2, 0.25) is 5.91 Å². The monoisotopic (exact) mass is 520 g/mol. The SMILES string of the molecule is CC(C)n1ncc(Cl)c1-c1cc2n(n1)CCC(=O)N2Cc1ccc(-c2ncnn3cccc23)c(Cl)c1. The van der Waals surface area contributed by atoms with Crippen molar-refractivity contribution in [2.45, 2.75) is 39.4 Å². The molecule has 4 aromatic heterocycles. The Balaban J connectivity index is 1.34. The molecule has 1 aromatic carbocycles. The standard InChI is InChI=1S/C25H22Cl2N8O/c1-15(2)35-25(19(27)12-29-35)20-11-22-32(23(36)7-9-34(22)31-20)13-16-5-6-17(18(26)10-16)24-21-4-3-8-33(21)30-14-28-24/h3-6,8,10-12,14-15H,7,9,13H2,1-2H3. The number of anilines is 1. The highest BCUT2D eigenvalue weighted by molar-refractivity contribution is 6.33. The quantitative estimate of drug-likeness (QED) is 0.314. The highest BCUT2D eigenvalue weighted by Gasteiger charge is 2.28. The number of amides is 1. The number of carbonyl (C=O) groups excluding carboxylic acids is 1. The van der Waals surface area contributed by atoms with E-state index < -0.39 is 0 Å². The lowest BCUT2D eigenvalue weighted by Gasteiger charge is -2.27. The van der Waals surface area contributed by atoms with Gasteiger partial charge >= 0.3 is 0 Å². The van der Waals surface area contributed by atoms with Gasteiger partial charge in [-0.2, -0.15) is 15.3 Å². The molecular formula is C25H22Cl2N8O. The molecule has 5 aromatic rings. The normalized spacial score (nSPS) is 13.7. The van der Waals surface area contributed by atoms with Crippen LogP contribution in [0.15, 0.2) is 55.1 Å². The molecule has 0 atom stereocenters. The second-order valence-electron chi connectivity index (χ2n) is 8.98. The molecule has 0 aliphatic carbocycles. The van der Waals surface area contributed by atoms with E-state index in [1.54, 1.807) is 15.6 Å². The van der Waals surface area contributed by atoms with Crippen molar-refractivity contribution in [3.63, 3.8) is 0 Å². The van der Waals surface area contributed by atoms with Crippen LogP contribution in [0, 0.1) is 0 Å². The summed E-state index contributed by atoms with van der Waals surface area (Å²) in [6, 6.07) is 11.7. The molecule has 11 heteroatoms. The van der Waals surface area contributed by atoms with E-state index in [2.05, 4.69) is 15.2 Å². The molecule has 0 spiro atoms. The summed E-state index contributed by atoms with van der Waals surface area (Å²) in [7, 11) is 0. The summed E-state index contributed by atoms with van der Waals surface area (Å²) in [6.45, 7) is 4.95. The van der Waals surface area contributed by atoms with Crippen molar-refractivity contribution in [1.82, 2.24) is 34.2 Å². The fourth-order valence-corrected chi connectivity index (χ4v) is 5.13. The number of nitrogens with zero attached hydrogens (tertiary/aromatic N) is 8. The molecule has 36 heavy (non-hydrogen) atoms. The first-order chi connectivity index (χ1) is 17.4. The van der Waals surface area contributed by atoms with E-state index in [-0.39, 0.29) is 11.9 Å². The number of hydrogen-bond acceptors (Lipinski definition) is 5.